The lowest BCUT2D eigenvalue weighted by molar-refractivity contribution is -0.384. The van der Waals surface area contributed by atoms with E-state index >= 15 is 0 Å². The molecule has 0 aromatic heterocycles. The van der Waals surface area contributed by atoms with E-state index in [4.69, 9.17) is 16.3 Å². The summed E-state index contributed by atoms with van der Waals surface area (Å²) in [6, 6.07) is 10.0. The van der Waals surface area contributed by atoms with Crippen LogP contribution in [0.25, 0.3) is 0 Å². The molecule has 1 N–H and O–H groups in total. The van der Waals surface area contributed by atoms with Crippen molar-refractivity contribution in [3.63, 3.8) is 0 Å². The maximum Gasteiger partial charge on any atom is 0.271 e. The summed E-state index contributed by atoms with van der Waals surface area (Å²) in [6.45, 7) is 0. The largest absolute Gasteiger partial charge is 0.495 e. The van der Waals surface area contributed by atoms with Gasteiger partial charge in [-0.05, 0) is 23.8 Å². The molecule has 0 aliphatic carbocycles. The fourth-order valence-electron chi connectivity index (χ4n) is 1.89. The van der Waals surface area contributed by atoms with Crippen LogP contribution in [-0.4, -0.2) is 20.5 Å². The van der Waals surface area contributed by atoms with Crippen molar-refractivity contribution >= 4 is 33.0 Å². The lowest BCUT2D eigenvalue weighted by atomic mass is 10.2. The number of anilines is 1. The van der Waals surface area contributed by atoms with Crippen molar-refractivity contribution < 1.29 is 18.1 Å². The van der Waals surface area contributed by atoms with E-state index in [0.717, 1.165) is 6.07 Å². The molecule has 2 aromatic carbocycles. The molecule has 0 atom stereocenters. The Labute approximate surface area is 138 Å². The zero-order chi connectivity index (χ0) is 17.0. The van der Waals surface area contributed by atoms with Gasteiger partial charge in [-0.2, -0.15) is 0 Å². The molecule has 2 aromatic rings. The number of benzene rings is 2. The van der Waals surface area contributed by atoms with E-state index in [1.54, 1.807) is 24.3 Å². The van der Waals surface area contributed by atoms with Gasteiger partial charge in [0.25, 0.3) is 5.69 Å². The predicted molar refractivity (Wildman–Crippen MR) is 87.3 cm³/mol. The molecule has 0 fully saturated rings. The Morgan fingerprint density at radius 1 is 1.22 bits per heavy atom. The van der Waals surface area contributed by atoms with Crippen molar-refractivity contribution in [1.29, 1.82) is 0 Å². The summed E-state index contributed by atoms with van der Waals surface area (Å²) in [5.74, 6) is -0.106. The van der Waals surface area contributed by atoms with Crippen molar-refractivity contribution in [1.82, 2.24) is 0 Å². The number of ether oxygens (including phenoxy) is 1. The van der Waals surface area contributed by atoms with E-state index in [1.165, 1.54) is 19.2 Å². The normalized spacial score (nSPS) is 11.0. The molecule has 122 valence electrons. The topological polar surface area (TPSA) is 98.5 Å². The van der Waals surface area contributed by atoms with Gasteiger partial charge in [0.1, 0.15) is 5.75 Å². The summed E-state index contributed by atoms with van der Waals surface area (Å²) in [7, 11) is -2.43. The molecule has 0 saturated heterocycles. The number of hydrogen-bond acceptors (Lipinski definition) is 5. The van der Waals surface area contributed by atoms with Gasteiger partial charge in [0.15, 0.2) is 0 Å². The predicted octanol–water partition coefficient (Wildman–Crippen LogP) is 3.20. The van der Waals surface area contributed by atoms with Crippen LogP contribution in [0.4, 0.5) is 11.4 Å². The molecule has 23 heavy (non-hydrogen) atoms. The molecule has 0 saturated carbocycles. The number of nitro groups is 1. The zero-order valence-electron chi connectivity index (χ0n) is 12.0. The third-order valence-corrected chi connectivity index (χ3v) is 4.43. The molecular weight excluding hydrogens is 344 g/mol. The van der Waals surface area contributed by atoms with Crippen molar-refractivity contribution in [2.45, 2.75) is 5.75 Å². The number of hydrogen-bond donors (Lipinski definition) is 1. The third kappa shape index (κ3) is 4.57. The fourth-order valence-corrected chi connectivity index (χ4v) is 3.22. The summed E-state index contributed by atoms with van der Waals surface area (Å²) in [6.07, 6.45) is 0. The first kappa shape index (κ1) is 17.0. The van der Waals surface area contributed by atoms with Gasteiger partial charge in [0, 0.05) is 17.2 Å². The Morgan fingerprint density at radius 2 is 1.87 bits per heavy atom. The SMILES string of the molecule is COc1ccc([N+](=O)[O-])cc1NS(=O)(=O)Cc1ccc(Cl)cc1. The van der Waals surface area contributed by atoms with Crippen LogP contribution < -0.4 is 9.46 Å². The first-order valence-electron chi connectivity index (χ1n) is 6.38. The fraction of sp³-hybridized carbons (Fsp3) is 0.143. The first-order valence-corrected chi connectivity index (χ1v) is 8.41. The van der Waals surface area contributed by atoms with Gasteiger partial charge in [-0.25, -0.2) is 8.42 Å². The quantitative estimate of drug-likeness (QED) is 0.633. The average molecular weight is 357 g/mol. The van der Waals surface area contributed by atoms with Gasteiger partial charge in [-0.15, -0.1) is 0 Å². The van der Waals surface area contributed by atoms with Gasteiger partial charge < -0.3 is 4.74 Å². The highest BCUT2D eigenvalue weighted by Gasteiger charge is 2.17. The van der Waals surface area contributed by atoms with E-state index in [9.17, 15) is 18.5 Å². The summed E-state index contributed by atoms with van der Waals surface area (Å²) in [4.78, 5) is 10.2. The maximum absolute atomic E-state index is 12.2. The third-order valence-electron chi connectivity index (χ3n) is 2.93. The van der Waals surface area contributed by atoms with Gasteiger partial charge >= 0.3 is 0 Å². The number of rotatable bonds is 6. The van der Waals surface area contributed by atoms with Crippen molar-refractivity contribution in [2.24, 2.45) is 0 Å². The van der Waals surface area contributed by atoms with Crippen LogP contribution in [0.15, 0.2) is 42.5 Å². The van der Waals surface area contributed by atoms with Gasteiger partial charge in [-0.3, -0.25) is 14.8 Å². The summed E-state index contributed by atoms with van der Waals surface area (Å²) in [5.41, 5.74) is 0.303. The molecule has 2 rings (SSSR count). The minimum absolute atomic E-state index is 0.00987. The van der Waals surface area contributed by atoms with Crippen molar-refractivity contribution in [2.75, 3.05) is 11.8 Å². The van der Waals surface area contributed by atoms with Crippen molar-refractivity contribution in [3.8, 4) is 5.75 Å². The Bertz CT molecular complexity index is 822. The van der Waals surface area contributed by atoms with Crippen LogP contribution in [0.3, 0.4) is 0 Å². The molecule has 0 radical (unpaired) electrons. The Morgan fingerprint density at radius 3 is 2.43 bits per heavy atom. The first-order chi connectivity index (χ1) is 10.8. The van der Waals surface area contributed by atoms with E-state index < -0.39 is 14.9 Å². The van der Waals surface area contributed by atoms with E-state index in [-0.39, 0.29) is 22.9 Å². The number of nitrogens with zero attached hydrogens (tertiary/aromatic N) is 1. The molecule has 0 bridgehead atoms. The highest BCUT2D eigenvalue weighted by atomic mass is 35.5. The molecule has 0 heterocycles. The van der Waals surface area contributed by atoms with E-state index in [1.807, 2.05) is 0 Å². The van der Waals surface area contributed by atoms with Crippen molar-refractivity contribution in [3.05, 3.63) is 63.2 Å². The standard InChI is InChI=1S/C14H13ClN2O5S/c1-22-14-7-6-12(17(18)19)8-13(14)16-23(20,21)9-10-2-4-11(15)5-3-10/h2-8,16H,9H2,1H3. The molecule has 0 unspecified atom stereocenters. The molecule has 7 nitrogen and oxygen atoms in total. The summed E-state index contributed by atoms with van der Waals surface area (Å²) in [5, 5.41) is 11.3. The lowest BCUT2D eigenvalue weighted by Gasteiger charge is -2.11. The smallest absolute Gasteiger partial charge is 0.271 e. The molecule has 9 heteroatoms. The average Bonchev–Trinajstić information content (AvgIpc) is 2.48. The van der Waals surface area contributed by atoms with Crippen LogP contribution in [0.2, 0.25) is 5.02 Å². The molecule has 0 amide bonds. The summed E-state index contributed by atoms with van der Waals surface area (Å²) >= 11 is 5.75. The number of sulfonamides is 1. The monoisotopic (exact) mass is 356 g/mol. The summed E-state index contributed by atoms with van der Waals surface area (Å²) < 4.78 is 31.8. The van der Waals surface area contributed by atoms with E-state index in [2.05, 4.69) is 4.72 Å². The minimum Gasteiger partial charge on any atom is -0.495 e. The number of halogens is 1. The second kappa shape index (κ2) is 6.84. The Kier molecular flexibility index (Phi) is 5.07. The van der Waals surface area contributed by atoms with Gasteiger partial charge in [0.2, 0.25) is 10.0 Å². The highest BCUT2D eigenvalue weighted by Crippen LogP contribution is 2.30. The molecule has 0 spiro atoms. The van der Waals surface area contributed by atoms with Crippen LogP contribution in [0.5, 0.6) is 5.75 Å². The highest BCUT2D eigenvalue weighted by molar-refractivity contribution is 7.91. The molecule has 0 aliphatic heterocycles. The zero-order valence-corrected chi connectivity index (χ0v) is 13.6. The Balaban J connectivity index is 2.27. The van der Waals surface area contributed by atoms with Crippen LogP contribution in [0.1, 0.15) is 5.56 Å². The number of non-ortho nitro benzene ring substituents is 1. The van der Waals surface area contributed by atoms with Gasteiger partial charge in [-0.1, -0.05) is 23.7 Å². The lowest BCUT2D eigenvalue weighted by Crippen LogP contribution is -2.15. The second-order valence-corrected chi connectivity index (χ2v) is 6.79. The molecule has 0 aliphatic rings. The van der Waals surface area contributed by atoms with Crippen LogP contribution >= 0.6 is 11.6 Å². The minimum atomic E-state index is -3.77. The van der Waals surface area contributed by atoms with Crippen LogP contribution in [-0.2, 0) is 15.8 Å². The number of nitrogens with one attached hydrogen (secondary N) is 1. The van der Waals surface area contributed by atoms with Crippen LogP contribution in [0, 0.1) is 10.1 Å². The molecular formula is C14H13ClN2O5S. The number of methoxy groups -OCH3 is 1. The Hall–Kier alpha value is -2.32. The maximum atomic E-state index is 12.2. The number of nitro benzene ring substituents is 1. The van der Waals surface area contributed by atoms with E-state index in [0.29, 0.717) is 10.6 Å². The second-order valence-electron chi connectivity index (χ2n) is 4.63. The van der Waals surface area contributed by atoms with Gasteiger partial charge in [0.05, 0.1) is 23.5 Å².